The SMILES string of the molecule is CCCCCC/C=C\C=C/CCCCCCCC(=O)O[C@H](COC(=O)CCCCCCCCCC(C)C)COP(=O)(O)OCC(O)COP(=O)(O)OC[C@@H](COC(=O)CCCCCCCCCCCCCCCCCCCCC(C)CC)OC(=O)CCCCCCCCC(C)C. The summed E-state index contributed by atoms with van der Waals surface area (Å²) in [5.41, 5.74) is 0. The Hall–Kier alpha value is -2.46. The highest BCUT2D eigenvalue weighted by atomic mass is 31.2. The third-order valence-electron chi connectivity index (χ3n) is 17.6. The number of rotatable bonds is 73. The van der Waals surface area contributed by atoms with Gasteiger partial charge in [0.05, 0.1) is 26.4 Å². The molecular formula is C77H146O17P2. The van der Waals surface area contributed by atoms with E-state index in [1.54, 1.807) is 0 Å². The lowest BCUT2D eigenvalue weighted by molar-refractivity contribution is -0.161. The maximum atomic E-state index is 13.0. The van der Waals surface area contributed by atoms with Crippen LogP contribution in [0.3, 0.4) is 0 Å². The molecule has 19 heteroatoms. The van der Waals surface area contributed by atoms with Gasteiger partial charge in [0.2, 0.25) is 0 Å². The third kappa shape index (κ3) is 68.7. The third-order valence-corrected chi connectivity index (χ3v) is 19.5. The fraction of sp³-hybridized carbons (Fsp3) is 0.896. The molecule has 0 aliphatic carbocycles. The van der Waals surface area contributed by atoms with Gasteiger partial charge in [-0.3, -0.25) is 37.3 Å². The molecule has 6 atom stereocenters. The molecule has 96 heavy (non-hydrogen) atoms. The van der Waals surface area contributed by atoms with Crippen molar-refractivity contribution in [1.82, 2.24) is 0 Å². The zero-order valence-corrected chi connectivity index (χ0v) is 64.1. The summed E-state index contributed by atoms with van der Waals surface area (Å²) in [6.45, 7) is 11.7. The lowest BCUT2D eigenvalue weighted by Gasteiger charge is -2.21. The van der Waals surface area contributed by atoms with E-state index in [2.05, 4.69) is 72.8 Å². The second kappa shape index (κ2) is 67.1. The van der Waals surface area contributed by atoms with Crippen LogP contribution in [-0.2, 0) is 65.4 Å². The molecule has 0 radical (unpaired) electrons. The van der Waals surface area contributed by atoms with Crippen molar-refractivity contribution >= 4 is 39.5 Å². The second-order valence-electron chi connectivity index (χ2n) is 28.3. The standard InChI is InChI=1S/C77H146O17P2/c1-8-10-11-12-13-14-15-16-21-26-29-32-37-46-53-60-76(81)93-72(64-88-75(80)59-52-45-38-33-34-41-48-55-68(3)4)66-91-95(83,84)89-62-71(78)63-90-96(85,86)92-67-73(94-77(82)61-54-47-40-39-42-49-56-69(5)6)65-87-74(79)58-51-44-36-31-28-25-23-20-18-17-19-22-24-27-30-35-43-50-57-70(7)9-2/h14-16,21,68-73,78H,8-13,17-20,22-67H2,1-7H3,(H,83,84)(H,85,86)/b15-14-,21-16-/t70?,71?,72-,73-/m1/s1. The van der Waals surface area contributed by atoms with Gasteiger partial charge in [0, 0.05) is 25.7 Å². The number of carbonyl (C=O) groups excluding carboxylic acids is 4. The van der Waals surface area contributed by atoms with Crippen LogP contribution >= 0.6 is 15.6 Å². The molecule has 566 valence electrons. The summed E-state index contributed by atoms with van der Waals surface area (Å²) >= 11 is 0. The summed E-state index contributed by atoms with van der Waals surface area (Å²) in [4.78, 5) is 72.7. The van der Waals surface area contributed by atoms with E-state index in [9.17, 15) is 43.2 Å². The Labute approximate surface area is 586 Å². The number of ether oxygens (including phenoxy) is 4. The first-order valence-corrected chi connectivity index (χ1v) is 42.2. The molecule has 0 spiro atoms. The molecule has 0 aliphatic heterocycles. The van der Waals surface area contributed by atoms with Gasteiger partial charge in [0.15, 0.2) is 12.2 Å². The number of unbranched alkanes of at least 4 members (excludes halogenated alkanes) is 37. The minimum Gasteiger partial charge on any atom is -0.462 e. The van der Waals surface area contributed by atoms with Crippen molar-refractivity contribution in [1.29, 1.82) is 0 Å². The highest BCUT2D eigenvalue weighted by Crippen LogP contribution is 2.45. The fourth-order valence-electron chi connectivity index (χ4n) is 11.2. The normalized spacial score (nSPS) is 14.5. The quantitative estimate of drug-likeness (QED) is 0.0169. The molecule has 3 N–H and O–H groups in total. The van der Waals surface area contributed by atoms with Gasteiger partial charge in [-0.15, -0.1) is 0 Å². The van der Waals surface area contributed by atoms with Crippen molar-refractivity contribution in [2.75, 3.05) is 39.6 Å². The van der Waals surface area contributed by atoms with Crippen LogP contribution < -0.4 is 0 Å². The monoisotopic (exact) mass is 1410 g/mol. The molecule has 0 aromatic carbocycles. The highest BCUT2D eigenvalue weighted by molar-refractivity contribution is 7.47. The summed E-state index contributed by atoms with van der Waals surface area (Å²) in [6, 6.07) is 0. The molecule has 0 saturated heterocycles. The molecule has 0 rings (SSSR count). The van der Waals surface area contributed by atoms with E-state index in [1.165, 1.54) is 161 Å². The average molecular weight is 1410 g/mol. The Kier molecular flexibility index (Phi) is 65.3. The zero-order valence-electron chi connectivity index (χ0n) is 62.3. The topological polar surface area (TPSA) is 237 Å². The Morgan fingerprint density at radius 1 is 0.344 bits per heavy atom. The highest BCUT2D eigenvalue weighted by Gasteiger charge is 2.30. The van der Waals surface area contributed by atoms with Gasteiger partial charge in [0.25, 0.3) is 0 Å². The smallest absolute Gasteiger partial charge is 0.462 e. The van der Waals surface area contributed by atoms with Gasteiger partial charge < -0.3 is 33.8 Å². The van der Waals surface area contributed by atoms with Gasteiger partial charge >= 0.3 is 39.5 Å². The molecule has 4 unspecified atom stereocenters. The molecule has 0 aromatic rings. The molecule has 0 aromatic heterocycles. The lowest BCUT2D eigenvalue weighted by atomic mass is 9.99. The van der Waals surface area contributed by atoms with Crippen LogP contribution in [0.4, 0.5) is 0 Å². The Morgan fingerprint density at radius 3 is 0.927 bits per heavy atom. The molecule has 0 aliphatic rings. The largest absolute Gasteiger partial charge is 0.472 e. The minimum atomic E-state index is -4.96. The van der Waals surface area contributed by atoms with E-state index in [-0.39, 0.29) is 25.7 Å². The number of aliphatic hydroxyl groups is 1. The fourth-order valence-corrected chi connectivity index (χ4v) is 12.8. The van der Waals surface area contributed by atoms with Crippen LogP contribution in [0.25, 0.3) is 0 Å². The van der Waals surface area contributed by atoms with E-state index in [4.69, 9.17) is 37.0 Å². The Balaban J connectivity index is 5.14. The number of allylic oxidation sites excluding steroid dienone is 4. The van der Waals surface area contributed by atoms with E-state index >= 15 is 0 Å². The van der Waals surface area contributed by atoms with Gasteiger partial charge in [-0.25, -0.2) is 9.13 Å². The number of aliphatic hydroxyl groups excluding tert-OH is 1. The van der Waals surface area contributed by atoms with Crippen LogP contribution in [0.2, 0.25) is 0 Å². The van der Waals surface area contributed by atoms with E-state index < -0.39 is 97.5 Å². The first-order chi connectivity index (χ1) is 46.3. The number of hydrogen-bond acceptors (Lipinski definition) is 15. The Bertz CT molecular complexity index is 1970. The molecule has 0 saturated carbocycles. The van der Waals surface area contributed by atoms with E-state index in [0.717, 1.165) is 115 Å². The van der Waals surface area contributed by atoms with Crippen LogP contribution in [0.15, 0.2) is 24.3 Å². The predicted octanol–water partition coefficient (Wildman–Crippen LogP) is 22.1. The molecule has 0 bridgehead atoms. The molecule has 0 heterocycles. The van der Waals surface area contributed by atoms with Gasteiger partial charge in [-0.1, -0.05) is 317 Å². The number of hydrogen-bond donors (Lipinski definition) is 3. The number of phosphoric ester groups is 2. The van der Waals surface area contributed by atoms with Crippen LogP contribution in [0.5, 0.6) is 0 Å². The van der Waals surface area contributed by atoms with E-state index in [0.29, 0.717) is 37.5 Å². The lowest BCUT2D eigenvalue weighted by Crippen LogP contribution is -2.30. The van der Waals surface area contributed by atoms with Gasteiger partial charge in [0.1, 0.15) is 19.3 Å². The molecule has 17 nitrogen and oxygen atoms in total. The first-order valence-electron chi connectivity index (χ1n) is 39.2. The van der Waals surface area contributed by atoms with Crippen molar-refractivity contribution in [2.45, 2.75) is 388 Å². The summed E-state index contributed by atoms with van der Waals surface area (Å²) in [6.07, 6.45) is 56.7. The maximum Gasteiger partial charge on any atom is 0.472 e. The minimum absolute atomic E-state index is 0.0838. The second-order valence-corrected chi connectivity index (χ2v) is 31.2. The predicted molar refractivity (Wildman–Crippen MR) is 390 cm³/mol. The number of carbonyl (C=O) groups is 4. The van der Waals surface area contributed by atoms with Crippen molar-refractivity contribution in [3.8, 4) is 0 Å². The van der Waals surface area contributed by atoms with Crippen molar-refractivity contribution in [3.63, 3.8) is 0 Å². The number of phosphoric acid groups is 2. The van der Waals surface area contributed by atoms with Crippen molar-refractivity contribution in [2.24, 2.45) is 17.8 Å². The van der Waals surface area contributed by atoms with Gasteiger partial charge in [-0.05, 0) is 69.1 Å². The summed E-state index contributed by atoms with van der Waals surface area (Å²) in [5.74, 6) is 0.0869. The van der Waals surface area contributed by atoms with Crippen molar-refractivity contribution in [3.05, 3.63) is 24.3 Å². The van der Waals surface area contributed by atoms with Crippen LogP contribution in [-0.4, -0.2) is 96.7 Å². The Morgan fingerprint density at radius 2 is 0.615 bits per heavy atom. The average Bonchev–Trinajstić information content (AvgIpc) is 3.71. The van der Waals surface area contributed by atoms with Crippen LogP contribution in [0.1, 0.15) is 370 Å². The molecule has 0 fully saturated rings. The first kappa shape index (κ1) is 93.5. The summed E-state index contributed by atoms with van der Waals surface area (Å²) < 4.78 is 68.4. The van der Waals surface area contributed by atoms with E-state index in [1.807, 2.05) is 0 Å². The maximum absolute atomic E-state index is 13.0. The number of esters is 4. The summed E-state index contributed by atoms with van der Waals surface area (Å²) in [5, 5.41) is 10.6. The van der Waals surface area contributed by atoms with Crippen LogP contribution in [0, 0.1) is 17.8 Å². The molecule has 0 amide bonds. The zero-order chi connectivity index (χ0) is 70.9. The van der Waals surface area contributed by atoms with Crippen molar-refractivity contribution < 1.29 is 80.2 Å². The van der Waals surface area contributed by atoms with Gasteiger partial charge in [-0.2, -0.15) is 0 Å². The summed E-state index contributed by atoms with van der Waals surface area (Å²) in [7, 11) is -9.92. The molecular weight excluding hydrogens is 1260 g/mol.